The van der Waals surface area contributed by atoms with Crippen LogP contribution in [0.5, 0.6) is 0 Å². The van der Waals surface area contributed by atoms with Gasteiger partial charge in [-0.1, -0.05) is 67.2 Å². The molecular formula is C25H29Cl2NO. The lowest BCUT2D eigenvalue weighted by Crippen LogP contribution is -2.48. The van der Waals surface area contributed by atoms with Crippen LogP contribution in [0.2, 0.25) is 10.0 Å². The van der Waals surface area contributed by atoms with Gasteiger partial charge in [0.25, 0.3) is 0 Å². The summed E-state index contributed by atoms with van der Waals surface area (Å²) in [6.07, 6.45) is 6.78. The second kappa shape index (κ2) is 9.10. The van der Waals surface area contributed by atoms with E-state index in [1.54, 1.807) is 0 Å². The fraction of sp³-hybridized carbons (Fsp3) is 0.480. The van der Waals surface area contributed by atoms with E-state index in [2.05, 4.69) is 36.1 Å². The van der Waals surface area contributed by atoms with Gasteiger partial charge in [0.05, 0.1) is 6.04 Å². The molecule has 0 N–H and O–H groups in total. The van der Waals surface area contributed by atoms with Gasteiger partial charge in [0, 0.05) is 28.4 Å². The largest absolute Gasteiger partial charge is 0.335 e. The van der Waals surface area contributed by atoms with Gasteiger partial charge >= 0.3 is 0 Å². The van der Waals surface area contributed by atoms with Crippen LogP contribution >= 0.6 is 23.2 Å². The molecule has 0 spiro atoms. The molecule has 1 saturated heterocycles. The maximum Gasteiger partial charge on any atom is 0.226 e. The summed E-state index contributed by atoms with van der Waals surface area (Å²) in [5, 5.41) is 1.48. The van der Waals surface area contributed by atoms with Crippen molar-refractivity contribution in [3.05, 3.63) is 69.7 Å². The van der Waals surface area contributed by atoms with Gasteiger partial charge in [-0.25, -0.2) is 0 Å². The summed E-state index contributed by atoms with van der Waals surface area (Å²) in [6.45, 7) is 2.99. The Labute approximate surface area is 184 Å². The van der Waals surface area contributed by atoms with E-state index < -0.39 is 0 Å². The van der Waals surface area contributed by atoms with E-state index in [9.17, 15) is 4.79 Å². The maximum absolute atomic E-state index is 13.5. The first kappa shape index (κ1) is 20.8. The number of carbonyl (C=O) groups excluding carboxylic acids is 1. The van der Waals surface area contributed by atoms with Gasteiger partial charge in [-0.15, -0.1) is 0 Å². The Balaban J connectivity index is 1.77. The molecule has 2 nitrogen and oxygen atoms in total. The van der Waals surface area contributed by atoms with Crippen LogP contribution in [0.4, 0.5) is 0 Å². The predicted octanol–water partition coefficient (Wildman–Crippen LogP) is 7.27. The molecule has 1 amide bonds. The first-order valence-electron chi connectivity index (χ1n) is 10.9. The summed E-state index contributed by atoms with van der Waals surface area (Å²) in [6, 6.07) is 16.3. The zero-order valence-corrected chi connectivity index (χ0v) is 18.5. The fourth-order valence-electron chi connectivity index (χ4n) is 5.27. The molecule has 1 unspecified atom stereocenters. The highest BCUT2D eigenvalue weighted by Crippen LogP contribution is 2.47. The number of likely N-dealkylation sites (tertiary alicyclic amines) is 1. The molecule has 0 bridgehead atoms. The predicted molar refractivity (Wildman–Crippen MR) is 120 cm³/mol. The Morgan fingerprint density at radius 1 is 0.966 bits per heavy atom. The molecule has 2 aromatic rings. The lowest BCUT2D eigenvalue weighted by Gasteiger charge is -2.46. The van der Waals surface area contributed by atoms with E-state index in [-0.39, 0.29) is 17.9 Å². The molecule has 1 aliphatic carbocycles. The van der Waals surface area contributed by atoms with Gasteiger partial charge in [-0.05, 0) is 67.0 Å². The van der Waals surface area contributed by atoms with Crippen LogP contribution in [0, 0.1) is 11.8 Å². The number of amides is 1. The molecule has 2 aliphatic rings. The van der Waals surface area contributed by atoms with Crippen molar-refractivity contribution in [2.75, 3.05) is 6.54 Å². The van der Waals surface area contributed by atoms with Gasteiger partial charge in [0.2, 0.25) is 5.91 Å². The average Bonchev–Trinajstić information content (AvgIpc) is 3.23. The van der Waals surface area contributed by atoms with Gasteiger partial charge in [-0.2, -0.15) is 0 Å². The molecule has 1 aliphatic heterocycles. The summed E-state index contributed by atoms with van der Waals surface area (Å²) in [4.78, 5) is 15.7. The number of rotatable bonds is 5. The second-order valence-electron chi connectivity index (χ2n) is 8.64. The maximum atomic E-state index is 13.5. The zero-order chi connectivity index (χ0) is 20.4. The van der Waals surface area contributed by atoms with E-state index in [1.165, 1.54) is 36.8 Å². The number of carbonyl (C=O) groups is 1. The molecule has 3 atom stereocenters. The van der Waals surface area contributed by atoms with Crippen molar-refractivity contribution in [1.82, 2.24) is 4.90 Å². The van der Waals surface area contributed by atoms with Gasteiger partial charge in [0.1, 0.15) is 0 Å². The van der Waals surface area contributed by atoms with E-state index >= 15 is 0 Å². The highest BCUT2D eigenvalue weighted by atomic mass is 35.5. The monoisotopic (exact) mass is 429 g/mol. The van der Waals surface area contributed by atoms with Gasteiger partial charge in [-0.3, -0.25) is 4.79 Å². The third kappa shape index (κ3) is 4.49. The number of hydrogen-bond donors (Lipinski definition) is 0. The van der Waals surface area contributed by atoms with Crippen molar-refractivity contribution in [2.45, 2.75) is 57.4 Å². The molecular weight excluding hydrogens is 401 g/mol. The quantitative estimate of drug-likeness (QED) is 0.489. The van der Waals surface area contributed by atoms with Gasteiger partial charge in [0.15, 0.2) is 0 Å². The first-order chi connectivity index (χ1) is 14.1. The molecule has 0 aromatic heterocycles. The minimum absolute atomic E-state index is 0.0293. The van der Waals surface area contributed by atoms with Crippen LogP contribution in [0.25, 0.3) is 0 Å². The van der Waals surface area contributed by atoms with E-state index in [0.717, 1.165) is 29.4 Å². The molecule has 0 radical (unpaired) electrons. The zero-order valence-electron chi connectivity index (χ0n) is 17.0. The Hall–Kier alpha value is -1.51. The molecule has 2 aromatic carbocycles. The van der Waals surface area contributed by atoms with Gasteiger partial charge < -0.3 is 4.90 Å². The summed E-state index contributed by atoms with van der Waals surface area (Å²) in [7, 11) is 0. The summed E-state index contributed by atoms with van der Waals surface area (Å²) in [5.74, 6) is 1.24. The second-order valence-corrected chi connectivity index (χ2v) is 9.51. The minimum Gasteiger partial charge on any atom is -0.335 e. The van der Waals surface area contributed by atoms with Crippen molar-refractivity contribution in [3.63, 3.8) is 0 Å². The summed E-state index contributed by atoms with van der Waals surface area (Å²) < 4.78 is 0. The third-order valence-electron chi connectivity index (χ3n) is 6.80. The molecule has 154 valence electrons. The molecule has 4 heteroatoms. The van der Waals surface area contributed by atoms with Crippen molar-refractivity contribution in [3.8, 4) is 0 Å². The molecule has 29 heavy (non-hydrogen) atoms. The van der Waals surface area contributed by atoms with Crippen LogP contribution in [-0.2, 0) is 4.79 Å². The number of nitrogens with zero attached hydrogens (tertiary/aromatic N) is 1. The lowest BCUT2D eigenvalue weighted by molar-refractivity contribution is -0.144. The highest BCUT2D eigenvalue weighted by molar-refractivity contribution is 6.30. The molecule has 2 fully saturated rings. The Morgan fingerprint density at radius 2 is 1.69 bits per heavy atom. The van der Waals surface area contributed by atoms with Crippen LogP contribution in [-0.4, -0.2) is 17.4 Å². The molecule has 4 rings (SSSR count). The fourth-order valence-corrected chi connectivity index (χ4v) is 5.59. The van der Waals surface area contributed by atoms with Crippen molar-refractivity contribution >= 4 is 29.1 Å². The lowest BCUT2D eigenvalue weighted by atomic mass is 9.75. The average molecular weight is 430 g/mol. The Bertz CT molecular complexity index is 844. The molecule has 1 saturated carbocycles. The Morgan fingerprint density at radius 3 is 2.34 bits per heavy atom. The smallest absolute Gasteiger partial charge is 0.226 e. The standard InChI is InChI=1S/C25H29Cl2NO/c1-2-18-15-23(20-8-5-9-22(27)14-20)24(19-10-12-21(26)13-11-19)28(25(18)29)16-17-6-3-4-7-17/h5,8-14,17-18,23-24H,2-4,6-7,15-16H2,1H3/t18-,23-,24?/m1/s1. The highest BCUT2D eigenvalue weighted by Gasteiger charge is 2.43. The van der Waals surface area contributed by atoms with E-state index in [4.69, 9.17) is 23.2 Å². The normalized spacial score (nSPS) is 25.6. The van der Waals surface area contributed by atoms with Crippen LogP contribution in [0.3, 0.4) is 0 Å². The molecule has 1 heterocycles. The van der Waals surface area contributed by atoms with Crippen LogP contribution < -0.4 is 0 Å². The number of halogens is 2. The van der Waals surface area contributed by atoms with Crippen LogP contribution in [0.1, 0.15) is 68.5 Å². The number of piperidine rings is 1. The van der Waals surface area contributed by atoms with Crippen molar-refractivity contribution in [2.24, 2.45) is 11.8 Å². The van der Waals surface area contributed by atoms with E-state index in [0.29, 0.717) is 11.8 Å². The number of hydrogen-bond acceptors (Lipinski definition) is 1. The SMILES string of the molecule is CC[C@@H]1C[C@H](c2cccc(Cl)c2)C(c2ccc(Cl)cc2)N(CC2CCCC2)C1=O. The third-order valence-corrected chi connectivity index (χ3v) is 7.29. The first-order valence-corrected chi connectivity index (χ1v) is 11.6. The van der Waals surface area contributed by atoms with Crippen LogP contribution in [0.15, 0.2) is 48.5 Å². The van der Waals surface area contributed by atoms with E-state index in [1.807, 2.05) is 24.3 Å². The Kier molecular flexibility index (Phi) is 6.51. The minimum atomic E-state index is 0.0293. The summed E-state index contributed by atoms with van der Waals surface area (Å²) in [5.41, 5.74) is 2.39. The van der Waals surface area contributed by atoms with Crippen molar-refractivity contribution in [1.29, 1.82) is 0 Å². The topological polar surface area (TPSA) is 20.3 Å². The van der Waals surface area contributed by atoms with Crippen molar-refractivity contribution < 1.29 is 4.79 Å². The summed E-state index contributed by atoms with van der Waals surface area (Å²) >= 11 is 12.5. The number of benzene rings is 2.